The number of halogens is 1. The van der Waals surface area contributed by atoms with Crippen LogP contribution in [0.5, 0.6) is 0 Å². The van der Waals surface area contributed by atoms with E-state index in [1.54, 1.807) is 11.8 Å². The van der Waals surface area contributed by atoms with Crippen LogP contribution in [0.1, 0.15) is 22.4 Å². The molecule has 0 spiro atoms. The Morgan fingerprint density at radius 2 is 1.96 bits per heavy atom. The molecule has 1 aromatic carbocycles. The summed E-state index contributed by atoms with van der Waals surface area (Å²) >= 11 is 6.10. The van der Waals surface area contributed by atoms with Gasteiger partial charge in [0.1, 0.15) is 0 Å². The summed E-state index contributed by atoms with van der Waals surface area (Å²) in [5.41, 5.74) is 6.97. The van der Waals surface area contributed by atoms with Crippen LogP contribution in [0.15, 0.2) is 36.7 Å². The van der Waals surface area contributed by atoms with Crippen LogP contribution in [-0.4, -0.2) is 34.6 Å². The number of likely N-dealkylation sites (N-methyl/N-ethyl adjacent to an activating group) is 1. The molecule has 0 saturated heterocycles. The molecule has 1 aliphatic heterocycles. The van der Waals surface area contributed by atoms with Crippen LogP contribution >= 0.6 is 11.6 Å². The van der Waals surface area contributed by atoms with E-state index in [2.05, 4.69) is 46.6 Å². The van der Waals surface area contributed by atoms with Crippen LogP contribution in [0.4, 0.5) is 0 Å². The molecule has 0 bridgehead atoms. The summed E-state index contributed by atoms with van der Waals surface area (Å²) in [5, 5.41) is 2.15. The van der Waals surface area contributed by atoms with Gasteiger partial charge in [0, 0.05) is 55.0 Å². The molecule has 4 heteroatoms. The minimum absolute atomic E-state index is 0.714. The van der Waals surface area contributed by atoms with Crippen molar-refractivity contribution in [2.75, 3.05) is 20.1 Å². The summed E-state index contributed by atoms with van der Waals surface area (Å²) < 4.78 is 2.53. The Bertz CT molecular complexity index is 913. The molecule has 0 amide bonds. The van der Waals surface area contributed by atoms with Gasteiger partial charge in [0.2, 0.25) is 0 Å². The van der Waals surface area contributed by atoms with E-state index in [1.807, 2.05) is 12.3 Å². The number of rotatable bonds is 3. The highest BCUT2D eigenvalue weighted by Crippen LogP contribution is 2.30. The smallest absolute Gasteiger partial charge is 0.0592 e. The third kappa shape index (κ3) is 3.31. The SMILES string of the molecule is Cc1ccc2c(c1)c1c(n2CCc2cncc(Cl)c2)CCN(C)CC1. The highest BCUT2D eigenvalue weighted by Gasteiger charge is 2.20. The van der Waals surface area contributed by atoms with Gasteiger partial charge in [0.05, 0.1) is 5.02 Å². The number of hydrogen-bond donors (Lipinski definition) is 0. The first kappa shape index (κ1) is 16.6. The first-order valence-corrected chi connectivity index (χ1v) is 9.38. The number of fused-ring (bicyclic) bond motifs is 3. The predicted octanol–water partition coefficient (Wildman–Crippen LogP) is 4.27. The summed E-state index contributed by atoms with van der Waals surface area (Å²) in [6.45, 7) is 5.42. The van der Waals surface area contributed by atoms with Gasteiger partial charge >= 0.3 is 0 Å². The maximum Gasteiger partial charge on any atom is 0.0592 e. The fraction of sp³-hybridized carbons (Fsp3) is 0.381. The van der Waals surface area contributed by atoms with Gasteiger partial charge in [-0.05, 0) is 56.1 Å². The molecule has 130 valence electrons. The fourth-order valence-electron chi connectivity index (χ4n) is 3.96. The first-order chi connectivity index (χ1) is 12.1. The van der Waals surface area contributed by atoms with Crippen LogP contribution < -0.4 is 0 Å². The molecule has 0 saturated carbocycles. The molecular weight excluding hydrogens is 330 g/mol. The van der Waals surface area contributed by atoms with Gasteiger partial charge < -0.3 is 9.47 Å². The van der Waals surface area contributed by atoms with Crippen molar-refractivity contribution in [2.24, 2.45) is 0 Å². The zero-order valence-corrected chi connectivity index (χ0v) is 15.7. The predicted molar refractivity (Wildman–Crippen MR) is 105 cm³/mol. The van der Waals surface area contributed by atoms with Gasteiger partial charge in [-0.25, -0.2) is 0 Å². The molecule has 3 aromatic rings. The van der Waals surface area contributed by atoms with Crippen LogP contribution in [0, 0.1) is 6.92 Å². The molecule has 25 heavy (non-hydrogen) atoms. The van der Waals surface area contributed by atoms with Crippen molar-refractivity contribution < 1.29 is 0 Å². The maximum atomic E-state index is 6.10. The van der Waals surface area contributed by atoms with Crippen LogP contribution in [0.25, 0.3) is 10.9 Å². The molecule has 0 fully saturated rings. The van der Waals surface area contributed by atoms with Gasteiger partial charge in [-0.1, -0.05) is 23.2 Å². The summed E-state index contributed by atoms with van der Waals surface area (Å²) in [4.78, 5) is 6.66. The second kappa shape index (κ2) is 6.81. The first-order valence-electron chi connectivity index (χ1n) is 9.00. The van der Waals surface area contributed by atoms with E-state index >= 15 is 0 Å². The molecule has 0 unspecified atom stereocenters. The van der Waals surface area contributed by atoms with Crippen molar-refractivity contribution in [3.8, 4) is 0 Å². The Balaban J connectivity index is 1.74. The molecule has 4 rings (SSSR count). The average molecular weight is 354 g/mol. The van der Waals surface area contributed by atoms with Crippen molar-refractivity contribution in [2.45, 2.75) is 32.7 Å². The lowest BCUT2D eigenvalue weighted by Gasteiger charge is -2.14. The summed E-state index contributed by atoms with van der Waals surface area (Å²) in [7, 11) is 2.22. The second-order valence-electron chi connectivity index (χ2n) is 7.16. The molecule has 3 nitrogen and oxygen atoms in total. The zero-order chi connectivity index (χ0) is 17.4. The standard InChI is InChI=1S/C21H24ClN3/c1-15-3-4-20-19(11-15)18-6-8-24(2)9-7-21(18)25(20)10-5-16-12-17(22)14-23-13-16/h3-4,11-14H,5-10H2,1-2H3. The Labute approximate surface area is 154 Å². The summed E-state index contributed by atoms with van der Waals surface area (Å²) in [5.74, 6) is 0. The minimum atomic E-state index is 0.714. The topological polar surface area (TPSA) is 21.1 Å². The summed E-state index contributed by atoms with van der Waals surface area (Å²) in [6.07, 6.45) is 6.83. The molecule has 3 heterocycles. The van der Waals surface area contributed by atoms with Crippen molar-refractivity contribution in [1.29, 1.82) is 0 Å². The van der Waals surface area contributed by atoms with Crippen LogP contribution in [0.2, 0.25) is 5.02 Å². The van der Waals surface area contributed by atoms with Crippen molar-refractivity contribution in [3.05, 3.63) is 64.1 Å². The molecule has 2 aromatic heterocycles. The van der Waals surface area contributed by atoms with E-state index in [4.69, 9.17) is 11.6 Å². The number of aromatic nitrogens is 2. The molecule has 0 aliphatic carbocycles. The van der Waals surface area contributed by atoms with Crippen LogP contribution in [0.3, 0.4) is 0 Å². The Hall–Kier alpha value is -1.84. The molecule has 0 radical (unpaired) electrons. The van der Waals surface area contributed by atoms with E-state index < -0.39 is 0 Å². The minimum Gasteiger partial charge on any atom is -0.344 e. The number of hydrogen-bond acceptors (Lipinski definition) is 2. The molecular formula is C21H24ClN3. The normalized spacial score (nSPS) is 15.3. The number of nitrogens with zero attached hydrogens (tertiary/aromatic N) is 3. The third-order valence-corrected chi connectivity index (χ3v) is 5.51. The Morgan fingerprint density at radius 3 is 2.80 bits per heavy atom. The molecule has 1 aliphatic rings. The largest absolute Gasteiger partial charge is 0.344 e. The van der Waals surface area contributed by atoms with Crippen molar-refractivity contribution >= 4 is 22.5 Å². The van der Waals surface area contributed by atoms with E-state index in [0.717, 1.165) is 38.9 Å². The highest BCUT2D eigenvalue weighted by atomic mass is 35.5. The van der Waals surface area contributed by atoms with Gasteiger partial charge in [-0.2, -0.15) is 0 Å². The highest BCUT2D eigenvalue weighted by molar-refractivity contribution is 6.30. The lowest BCUT2D eigenvalue weighted by molar-refractivity contribution is 0.351. The van der Waals surface area contributed by atoms with E-state index in [9.17, 15) is 0 Å². The van der Waals surface area contributed by atoms with Gasteiger partial charge in [0.15, 0.2) is 0 Å². The van der Waals surface area contributed by atoms with Crippen molar-refractivity contribution in [3.63, 3.8) is 0 Å². The molecule has 0 atom stereocenters. The lowest BCUT2D eigenvalue weighted by atomic mass is 10.1. The second-order valence-corrected chi connectivity index (χ2v) is 7.60. The lowest BCUT2D eigenvalue weighted by Crippen LogP contribution is -2.21. The number of pyridine rings is 1. The monoisotopic (exact) mass is 353 g/mol. The van der Waals surface area contributed by atoms with Crippen LogP contribution in [-0.2, 0) is 25.8 Å². The third-order valence-electron chi connectivity index (χ3n) is 5.30. The van der Waals surface area contributed by atoms with Gasteiger partial charge in [-0.15, -0.1) is 0 Å². The fourth-order valence-corrected chi connectivity index (χ4v) is 4.15. The Morgan fingerprint density at radius 1 is 1.12 bits per heavy atom. The number of aryl methyl sites for hydroxylation is 3. The van der Waals surface area contributed by atoms with Gasteiger partial charge in [0.25, 0.3) is 0 Å². The van der Waals surface area contributed by atoms with E-state index in [0.29, 0.717) is 5.02 Å². The molecule has 0 N–H and O–H groups in total. The maximum absolute atomic E-state index is 6.10. The quantitative estimate of drug-likeness (QED) is 0.701. The Kier molecular flexibility index (Phi) is 4.53. The van der Waals surface area contributed by atoms with Crippen molar-refractivity contribution in [1.82, 2.24) is 14.5 Å². The van der Waals surface area contributed by atoms with E-state index in [-0.39, 0.29) is 0 Å². The average Bonchev–Trinajstić information content (AvgIpc) is 2.73. The zero-order valence-electron chi connectivity index (χ0n) is 14.9. The van der Waals surface area contributed by atoms with E-state index in [1.165, 1.54) is 27.7 Å². The number of benzene rings is 1. The van der Waals surface area contributed by atoms with Gasteiger partial charge in [-0.3, -0.25) is 4.98 Å². The summed E-state index contributed by atoms with van der Waals surface area (Å²) in [6, 6.07) is 8.90.